The highest BCUT2D eigenvalue weighted by atomic mass is 32.2. The van der Waals surface area contributed by atoms with E-state index in [0.29, 0.717) is 5.56 Å². The minimum Gasteiger partial charge on any atom is -0.386 e. The van der Waals surface area contributed by atoms with E-state index in [1.807, 2.05) is 13.0 Å². The minimum absolute atomic E-state index is 0.209. The predicted molar refractivity (Wildman–Crippen MR) is 67.6 cm³/mol. The third-order valence-corrected chi connectivity index (χ3v) is 4.11. The van der Waals surface area contributed by atoms with Gasteiger partial charge in [-0.1, -0.05) is 12.1 Å². The largest absolute Gasteiger partial charge is 0.386 e. The molecule has 1 unspecified atom stereocenters. The van der Waals surface area contributed by atoms with E-state index in [9.17, 15) is 8.42 Å². The molecular formula is C11H17N3O2S. The second-order valence-corrected chi connectivity index (χ2v) is 5.75. The molecule has 1 atom stereocenters. The van der Waals surface area contributed by atoms with Crippen LogP contribution >= 0.6 is 0 Å². The van der Waals surface area contributed by atoms with Gasteiger partial charge in [0.1, 0.15) is 5.84 Å². The Bertz CT molecular complexity index is 538. The van der Waals surface area contributed by atoms with E-state index in [1.165, 1.54) is 6.92 Å². The molecular weight excluding hydrogens is 238 g/mol. The first-order chi connectivity index (χ1) is 7.74. The quantitative estimate of drug-likeness (QED) is 0.551. The molecule has 0 radical (unpaired) electrons. The summed E-state index contributed by atoms with van der Waals surface area (Å²) in [6.07, 6.45) is 0. The number of rotatable bonds is 4. The van der Waals surface area contributed by atoms with Crippen LogP contribution in [0.25, 0.3) is 0 Å². The van der Waals surface area contributed by atoms with Gasteiger partial charge in [-0.3, -0.25) is 5.41 Å². The van der Waals surface area contributed by atoms with Crippen LogP contribution in [0.2, 0.25) is 0 Å². The zero-order valence-corrected chi connectivity index (χ0v) is 10.9. The van der Waals surface area contributed by atoms with Crippen LogP contribution in [0.4, 0.5) is 0 Å². The van der Waals surface area contributed by atoms with E-state index in [4.69, 9.17) is 11.1 Å². The van der Waals surface area contributed by atoms with E-state index in [-0.39, 0.29) is 10.7 Å². The van der Waals surface area contributed by atoms with Crippen molar-refractivity contribution in [3.8, 4) is 0 Å². The summed E-state index contributed by atoms with van der Waals surface area (Å²) in [5.41, 5.74) is 6.78. The van der Waals surface area contributed by atoms with Crippen LogP contribution in [0.5, 0.6) is 0 Å². The SMILES string of the molecule is Cc1ccc(C)c(S(=O)(=O)NC(C)C(=N)N)c1. The number of sulfonamides is 1. The summed E-state index contributed by atoms with van der Waals surface area (Å²) in [6, 6.07) is 4.50. The van der Waals surface area contributed by atoms with Gasteiger partial charge in [-0.05, 0) is 38.0 Å². The Balaban J connectivity index is 3.13. The van der Waals surface area contributed by atoms with Gasteiger partial charge in [-0.15, -0.1) is 0 Å². The van der Waals surface area contributed by atoms with Gasteiger partial charge in [-0.25, -0.2) is 13.1 Å². The number of nitrogens with one attached hydrogen (secondary N) is 2. The summed E-state index contributed by atoms with van der Waals surface area (Å²) < 4.78 is 26.5. The van der Waals surface area contributed by atoms with Gasteiger partial charge in [0.2, 0.25) is 10.0 Å². The summed E-state index contributed by atoms with van der Waals surface area (Å²) in [7, 11) is -3.63. The number of hydrogen-bond donors (Lipinski definition) is 3. The number of aryl methyl sites for hydroxylation is 2. The molecule has 0 heterocycles. The second kappa shape index (κ2) is 4.85. The molecule has 0 aliphatic carbocycles. The van der Waals surface area contributed by atoms with E-state index in [1.54, 1.807) is 19.1 Å². The van der Waals surface area contributed by atoms with E-state index < -0.39 is 16.1 Å². The van der Waals surface area contributed by atoms with Crippen molar-refractivity contribution in [2.24, 2.45) is 5.73 Å². The summed E-state index contributed by atoms with van der Waals surface area (Å²) in [5.74, 6) is -0.209. The fourth-order valence-electron chi connectivity index (χ4n) is 1.36. The Labute approximate surface area is 102 Å². The highest BCUT2D eigenvalue weighted by molar-refractivity contribution is 7.89. The van der Waals surface area contributed by atoms with Crippen molar-refractivity contribution >= 4 is 15.9 Å². The molecule has 0 saturated carbocycles. The third kappa shape index (κ3) is 3.28. The maximum absolute atomic E-state index is 12.1. The van der Waals surface area contributed by atoms with Crippen molar-refractivity contribution in [2.75, 3.05) is 0 Å². The number of benzene rings is 1. The first-order valence-corrected chi connectivity index (χ1v) is 6.66. The van der Waals surface area contributed by atoms with Crippen LogP contribution in [0, 0.1) is 19.3 Å². The molecule has 94 valence electrons. The molecule has 0 aromatic heterocycles. The van der Waals surface area contributed by atoms with Crippen LogP contribution in [-0.2, 0) is 10.0 Å². The second-order valence-electron chi connectivity index (χ2n) is 4.07. The average Bonchev–Trinajstić information content (AvgIpc) is 2.20. The van der Waals surface area contributed by atoms with Crippen molar-refractivity contribution in [3.63, 3.8) is 0 Å². The Kier molecular flexibility index (Phi) is 3.90. The molecule has 17 heavy (non-hydrogen) atoms. The maximum Gasteiger partial charge on any atom is 0.241 e. The molecule has 0 aliphatic heterocycles. The number of nitrogens with two attached hydrogens (primary N) is 1. The fourth-order valence-corrected chi connectivity index (χ4v) is 2.91. The van der Waals surface area contributed by atoms with Gasteiger partial charge in [0.25, 0.3) is 0 Å². The summed E-state index contributed by atoms with van der Waals surface area (Å²) in [6.45, 7) is 5.09. The monoisotopic (exact) mass is 255 g/mol. The van der Waals surface area contributed by atoms with Crippen molar-refractivity contribution in [1.82, 2.24) is 4.72 Å². The van der Waals surface area contributed by atoms with Gasteiger partial charge >= 0.3 is 0 Å². The first-order valence-electron chi connectivity index (χ1n) is 5.17. The summed E-state index contributed by atoms with van der Waals surface area (Å²) in [4.78, 5) is 0.227. The van der Waals surface area contributed by atoms with Crippen LogP contribution in [-0.4, -0.2) is 20.3 Å². The average molecular weight is 255 g/mol. The van der Waals surface area contributed by atoms with Crippen molar-refractivity contribution < 1.29 is 8.42 Å². The fraction of sp³-hybridized carbons (Fsp3) is 0.364. The van der Waals surface area contributed by atoms with Gasteiger partial charge in [-0.2, -0.15) is 0 Å². The Hall–Kier alpha value is -1.40. The maximum atomic E-state index is 12.1. The van der Waals surface area contributed by atoms with Crippen molar-refractivity contribution in [3.05, 3.63) is 29.3 Å². The molecule has 6 heteroatoms. The van der Waals surface area contributed by atoms with Gasteiger partial charge in [0.15, 0.2) is 0 Å². The lowest BCUT2D eigenvalue weighted by Gasteiger charge is -2.14. The molecule has 0 spiro atoms. The van der Waals surface area contributed by atoms with Crippen LogP contribution < -0.4 is 10.5 Å². The molecule has 1 rings (SSSR count). The first kappa shape index (κ1) is 13.7. The third-order valence-electron chi connectivity index (χ3n) is 2.43. The molecule has 0 fully saturated rings. The normalized spacial score (nSPS) is 13.4. The molecule has 0 saturated heterocycles. The molecule has 0 amide bonds. The Morgan fingerprint density at radius 2 is 2.00 bits per heavy atom. The minimum atomic E-state index is -3.63. The Morgan fingerprint density at radius 3 is 2.53 bits per heavy atom. The topological polar surface area (TPSA) is 96.0 Å². The highest BCUT2D eigenvalue weighted by Gasteiger charge is 2.20. The lowest BCUT2D eigenvalue weighted by atomic mass is 10.2. The zero-order chi connectivity index (χ0) is 13.2. The molecule has 1 aromatic carbocycles. The standard InChI is InChI=1S/C11H17N3O2S/c1-7-4-5-8(2)10(6-7)17(15,16)14-9(3)11(12)13/h4-6,9,14H,1-3H3,(H3,12,13). The number of amidine groups is 1. The number of hydrogen-bond acceptors (Lipinski definition) is 3. The van der Waals surface area contributed by atoms with Crippen molar-refractivity contribution in [2.45, 2.75) is 31.7 Å². The lowest BCUT2D eigenvalue weighted by Crippen LogP contribution is -2.41. The van der Waals surface area contributed by atoms with Gasteiger partial charge in [0, 0.05) is 0 Å². The molecule has 1 aromatic rings. The molecule has 0 bridgehead atoms. The summed E-state index contributed by atoms with van der Waals surface area (Å²) >= 11 is 0. The van der Waals surface area contributed by atoms with Gasteiger partial charge in [0.05, 0.1) is 10.9 Å². The lowest BCUT2D eigenvalue weighted by molar-refractivity contribution is 0.577. The van der Waals surface area contributed by atoms with Gasteiger partial charge < -0.3 is 5.73 Å². The van der Waals surface area contributed by atoms with Crippen molar-refractivity contribution in [1.29, 1.82) is 5.41 Å². The van der Waals surface area contributed by atoms with Crippen LogP contribution in [0.3, 0.4) is 0 Å². The van der Waals surface area contributed by atoms with E-state index in [0.717, 1.165) is 5.56 Å². The molecule has 4 N–H and O–H groups in total. The summed E-state index contributed by atoms with van der Waals surface area (Å²) in [5, 5.41) is 7.19. The van der Waals surface area contributed by atoms with E-state index >= 15 is 0 Å². The van der Waals surface area contributed by atoms with Crippen LogP contribution in [0.1, 0.15) is 18.1 Å². The van der Waals surface area contributed by atoms with E-state index in [2.05, 4.69) is 4.72 Å². The molecule has 0 aliphatic rings. The van der Waals surface area contributed by atoms with Crippen LogP contribution in [0.15, 0.2) is 23.1 Å². The molecule has 5 nitrogen and oxygen atoms in total. The smallest absolute Gasteiger partial charge is 0.241 e. The predicted octanol–water partition coefficient (Wildman–Crippen LogP) is 0.906. The zero-order valence-electron chi connectivity index (χ0n) is 10.1. The Morgan fingerprint density at radius 1 is 1.41 bits per heavy atom. The highest BCUT2D eigenvalue weighted by Crippen LogP contribution is 2.16.